The first kappa shape index (κ1) is 12.9. The molecule has 1 saturated carbocycles. The smallest absolute Gasteiger partial charge is 0.223 e. The summed E-state index contributed by atoms with van der Waals surface area (Å²) in [5.41, 5.74) is 0. The van der Waals surface area contributed by atoms with Crippen molar-refractivity contribution in [2.75, 3.05) is 13.1 Å². The summed E-state index contributed by atoms with van der Waals surface area (Å²) < 4.78 is 0. The van der Waals surface area contributed by atoms with E-state index in [4.69, 9.17) is 0 Å². The number of hydrogen-bond acceptors (Lipinski definition) is 2. The molecule has 3 nitrogen and oxygen atoms in total. The second kappa shape index (κ2) is 7.00. The van der Waals surface area contributed by atoms with Gasteiger partial charge in [-0.25, -0.2) is 0 Å². The summed E-state index contributed by atoms with van der Waals surface area (Å²) in [6.07, 6.45) is 10.9. The van der Waals surface area contributed by atoms with E-state index in [1.807, 2.05) is 0 Å². The normalized spacial score (nSPS) is 28.1. The Labute approximate surface area is 105 Å². The van der Waals surface area contributed by atoms with Gasteiger partial charge in [0.25, 0.3) is 0 Å². The van der Waals surface area contributed by atoms with Crippen molar-refractivity contribution in [2.24, 2.45) is 5.92 Å². The SMILES string of the molecule is O=C(NC1CCCCNC1)C1CCCCCC1. The van der Waals surface area contributed by atoms with Gasteiger partial charge in [-0.3, -0.25) is 4.79 Å². The van der Waals surface area contributed by atoms with Gasteiger partial charge in [-0.1, -0.05) is 32.1 Å². The molecule has 0 aromatic heterocycles. The summed E-state index contributed by atoms with van der Waals surface area (Å²) in [7, 11) is 0. The number of rotatable bonds is 2. The Balaban J connectivity index is 1.77. The van der Waals surface area contributed by atoms with Crippen LogP contribution in [-0.2, 0) is 4.79 Å². The number of carbonyl (C=O) groups is 1. The van der Waals surface area contributed by atoms with Crippen molar-refractivity contribution in [1.29, 1.82) is 0 Å². The van der Waals surface area contributed by atoms with Crippen LogP contribution in [0.1, 0.15) is 57.8 Å². The number of carbonyl (C=O) groups excluding carboxylic acids is 1. The van der Waals surface area contributed by atoms with Crippen molar-refractivity contribution < 1.29 is 4.79 Å². The van der Waals surface area contributed by atoms with Gasteiger partial charge in [0, 0.05) is 18.5 Å². The van der Waals surface area contributed by atoms with Crippen molar-refractivity contribution in [3.8, 4) is 0 Å². The third-order valence-electron chi connectivity index (χ3n) is 4.12. The van der Waals surface area contributed by atoms with Crippen molar-refractivity contribution in [3.63, 3.8) is 0 Å². The van der Waals surface area contributed by atoms with Gasteiger partial charge in [-0.05, 0) is 32.2 Å². The van der Waals surface area contributed by atoms with Crippen LogP contribution in [0.5, 0.6) is 0 Å². The maximum Gasteiger partial charge on any atom is 0.223 e. The Morgan fingerprint density at radius 1 is 0.941 bits per heavy atom. The maximum atomic E-state index is 12.2. The fraction of sp³-hybridized carbons (Fsp3) is 0.929. The van der Waals surface area contributed by atoms with Gasteiger partial charge in [0.05, 0.1) is 0 Å². The topological polar surface area (TPSA) is 41.1 Å². The molecule has 17 heavy (non-hydrogen) atoms. The van der Waals surface area contributed by atoms with Gasteiger partial charge >= 0.3 is 0 Å². The molecule has 1 unspecified atom stereocenters. The molecule has 98 valence electrons. The molecule has 2 aliphatic rings. The molecule has 0 aromatic carbocycles. The fourth-order valence-electron chi connectivity index (χ4n) is 3.00. The molecule has 2 fully saturated rings. The fourth-order valence-corrected chi connectivity index (χ4v) is 3.00. The van der Waals surface area contributed by atoms with Gasteiger partial charge < -0.3 is 10.6 Å². The van der Waals surface area contributed by atoms with Gasteiger partial charge in [0.1, 0.15) is 0 Å². The second-order valence-electron chi connectivity index (χ2n) is 5.59. The van der Waals surface area contributed by atoms with Gasteiger partial charge in [-0.15, -0.1) is 0 Å². The summed E-state index contributed by atoms with van der Waals surface area (Å²) in [6, 6.07) is 0.369. The molecule has 1 saturated heterocycles. The van der Waals surface area contributed by atoms with E-state index >= 15 is 0 Å². The lowest BCUT2D eigenvalue weighted by molar-refractivity contribution is -0.126. The van der Waals surface area contributed by atoms with E-state index in [2.05, 4.69) is 10.6 Å². The first-order valence-electron chi connectivity index (χ1n) is 7.37. The number of nitrogens with one attached hydrogen (secondary N) is 2. The van der Waals surface area contributed by atoms with Crippen LogP contribution in [0.2, 0.25) is 0 Å². The molecule has 1 aliphatic heterocycles. The summed E-state index contributed by atoms with van der Waals surface area (Å²) in [5.74, 6) is 0.612. The molecule has 1 heterocycles. The average Bonchev–Trinajstić information content (AvgIpc) is 2.72. The minimum atomic E-state index is 0.292. The Kier molecular flexibility index (Phi) is 5.30. The monoisotopic (exact) mass is 238 g/mol. The van der Waals surface area contributed by atoms with Crippen molar-refractivity contribution in [2.45, 2.75) is 63.8 Å². The van der Waals surface area contributed by atoms with E-state index in [1.165, 1.54) is 38.5 Å². The lowest BCUT2D eigenvalue weighted by Gasteiger charge is -2.20. The Morgan fingerprint density at radius 3 is 2.41 bits per heavy atom. The van der Waals surface area contributed by atoms with Crippen LogP contribution in [0.25, 0.3) is 0 Å². The van der Waals surface area contributed by atoms with Crippen LogP contribution in [0.3, 0.4) is 0 Å². The van der Waals surface area contributed by atoms with E-state index in [0.29, 0.717) is 17.9 Å². The van der Waals surface area contributed by atoms with E-state index in [0.717, 1.165) is 32.4 Å². The van der Waals surface area contributed by atoms with Crippen LogP contribution in [-0.4, -0.2) is 25.0 Å². The van der Waals surface area contributed by atoms with E-state index in [9.17, 15) is 4.79 Å². The molecule has 1 amide bonds. The van der Waals surface area contributed by atoms with E-state index in [1.54, 1.807) is 0 Å². The van der Waals surface area contributed by atoms with Crippen LogP contribution < -0.4 is 10.6 Å². The van der Waals surface area contributed by atoms with Crippen molar-refractivity contribution in [3.05, 3.63) is 0 Å². The molecule has 3 heteroatoms. The van der Waals surface area contributed by atoms with Crippen LogP contribution in [0.15, 0.2) is 0 Å². The van der Waals surface area contributed by atoms with Gasteiger partial charge in [0.2, 0.25) is 5.91 Å². The maximum absolute atomic E-state index is 12.2. The molecule has 0 radical (unpaired) electrons. The minimum absolute atomic E-state index is 0.292. The Hall–Kier alpha value is -0.570. The summed E-state index contributed by atoms with van der Waals surface area (Å²) in [4.78, 5) is 12.2. The third kappa shape index (κ3) is 4.30. The lowest BCUT2D eigenvalue weighted by atomic mass is 9.98. The molecular formula is C14H26N2O. The molecule has 0 aromatic rings. The van der Waals surface area contributed by atoms with Crippen molar-refractivity contribution >= 4 is 5.91 Å². The van der Waals surface area contributed by atoms with Gasteiger partial charge in [-0.2, -0.15) is 0 Å². The van der Waals surface area contributed by atoms with Gasteiger partial charge in [0.15, 0.2) is 0 Å². The minimum Gasteiger partial charge on any atom is -0.352 e. The van der Waals surface area contributed by atoms with Crippen LogP contribution in [0, 0.1) is 5.92 Å². The molecule has 0 bridgehead atoms. The quantitative estimate of drug-likeness (QED) is 0.724. The predicted molar refractivity (Wildman–Crippen MR) is 69.8 cm³/mol. The standard InChI is InChI=1S/C14H26N2O/c17-14(12-7-3-1-2-4-8-12)16-13-9-5-6-10-15-11-13/h12-13,15H,1-11H2,(H,16,17). The first-order valence-corrected chi connectivity index (χ1v) is 7.37. The highest BCUT2D eigenvalue weighted by molar-refractivity contribution is 5.78. The highest BCUT2D eigenvalue weighted by Gasteiger charge is 2.22. The summed E-state index contributed by atoms with van der Waals surface area (Å²) in [5, 5.41) is 6.66. The second-order valence-corrected chi connectivity index (χ2v) is 5.59. The van der Waals surface area contributed by atoms with E-state index < -0.39 is 0 Å². The Morgan fingerprint density at radius 2 is 1.65 bits per heavy atom. The molecule has 2 rings (SSSR count). The number of hydrogen-bond donors (Lipinski definition) is 2. The zero-order chi connectivity index (χ0) is 11.9. The zero-order valence-electron chi connectivity index (χ0n) is 10.8. The third-order valence-corrected chi connectivity index (χ3v) is 4.12. The molecular weight excluding hydrogens is 212 g/mol. The number of amides is 1. The predicted octanol–water partition coefficient (Wildman–Crippen LogP) is 2.22. The highest BCUT2D eigenvalue weighted by atomic mass is 16.1. The average molecular weight is 238 g/mol. The molecule has 1 atom stereocenters. The Bertz CT molecular complexity index is 226. The summed E-state index contributed by atoms with van der Waals surface area (Å²) in [6.45, 7) is 2.06. The molecule has 1 aliphatic carbocycles. The van der Waals surface area contributed by atoms with Crippen LogP contribution >= 0.6 is 0 Å². The van der Waals surface area contributed by atoms with E-state index in [-0.39, 0.29) is 0 Å². The molecule has 0 spiro atoms. The highest BCUT2D eigenvalue weighted by Crippen LogP contribution is 2.23. The zero-order valence-corrected chi connectivity index (χ0v) is 10.8. The first-order chi connectivity index (χ1) is 8.36. The van der Waals surface area contributed by atoms with Crippen molar-refractivity contribution in [1.82, 2.24) is 10.6 Å². The molecule has 2 N–H and O–H groups in total. The largest absolute Gasteiger partial charge is 0.352 e. The summed E-state index contributed by atoms with van der Waals surface area (Å²) >= 11 is 0. The van der Waals surface area contributed by atoms with Crippen LogP contribution in [0.4, 0.5) is 0 Å². The lowest BCUT2D eigenvalue weighted by Crippen LogP contribution is -2.43.